The van der Waals surface area contributed by atoms with Crippen molar-refractivity contribution in [2.45, 2.75) is 37.0 Å². The maximum absolute atomic E-state index is 12.3. The minimum atomic E-state index is -1.25. The van der Waals surface area contributed by atoms with Crippen molar-refractivity contribution in [1.29, 1.82) is 0 Å². The summed E-state index contributed by atoms with van der Waals surface area (Å²) in [4.78, 5) is 20.6. The molecule has 7 heteroatoms. The van der Waals surface area contributed by atoms with Crippen molar-refractivity contribution < 1.29 is 23.7 Å². The van der Waals surface area contributed by atoms with E-state index in [1.165, 1.54) is 0 Å². The van der Waals surface area contributed by atoms with Crippen molar-refractivity contribution in [3.05, 3.63) is 0 Å². The summed E-state index contributed by atoms with van der Waals surface area (Å²) in [7, 11) is 0. The number of halogens is 1. The molecule has 0 heterocycles. The Morgan fingerprint density at radius 2 is 1.93 bits per heavy atom. The van der Waals surface area contributed by atoms with Crippen LogP contribution in [0, 0.1) is 0 Å². The topological polar surface area (TPSA) is 101 Å². The minimum absolute atomic E-state index is 0.00593. The van der Waals surface area contributed by atoms with E-state index in [-0.39, 0.29) is 25.0 Å². The van der Waals surface area contributed by atoms with Crippen LogP contribution in [0.4, 0.5) is 3.89 Å². The first-order chi connectivity index (χ1) is 6.99. The Hall–Kier alpha value is -0.820. The number of rotatable bonds is 8. The molecule has 0 radical (unpaired) electrons. The van der Waals surface area contributed by atoms with E-state index < -0.39 is 23.2 Å². The van der Waals surface area contributed by atoms with Gasteiger partial charge in [0.15, 0.2) is 0 Å². The maximum Gasteiger partial charge on any atom is 0.321 e. The number of carboxylic acids is 2. The van der Waals surface area contributed by atoms with Crippen molar-refractivity contribution in [3.8, 4) is 0 Å². The van der Waals surface area contributed by atoms with Crippen LogP contribution >= 0.6 is 12.1 Å². The van der Waals surface area contributed by atoms with E-state index in [2.05, 4.69) is 0 Å². The largest absolute Gasteiger partial charge is 0.481 e. The third kappa shape index (κ3) is 6.29. The molecule has 15 heavy (non-hydrogen) atoms. The molecular weight excluding hydrogens is 225 g/mol. The van der Waals surface area contributed by atoms with Crippen LogP contribution in [0.3, 0.4) is 0 Å². The van der Waals surface area contributed by atoms with Gasteiger partial charge >= 0.3 is 11.9 Å². The molecule has 0 rings (SSSR count). The van der Waals surface area contributed by atoms with Gasteiger partial charge in [0, 0.05) is 18.6 Å². The van der Waals surface area contributed by atoms with Gasteiger partial charge in [-0.15, -0.1) is 0 Å². The summed E-state index contributed by atoms with van der Waals surface area (Å²) in [5, 5.41) is 16.1. The summed E-state index contributed by atoms with van der Waals surface area (Å²) in [6.45, 7) is 0. The van der Waals surface area contributed by atoms with Gasteiger partial charge in [0.1, 0.15) is 6.04 Å². The second-order valence-electron chi connectivity index (χ2n) is 3.13. The molecule has 0 saturated heterocycles. The van der Waals surface area contributed by atoms with Gasteiger partial charge in [-0.05, 0) is 12.8 Å². The van der Waals surface area contributed by atoms with Crippen molar-refractivity contribution in [2.24, 2.45) is 5.73 Å². The smallest absolute Gasteiger partial charge is 0.321 e. The molecule has 2 atom stereocenters. The van der Waals surface area contributed by atoms with E-state index in [0.717, 1.165) is 0 Å². The average Bonchev–Trinajstić information content (AvgIpc) is 2.16. The van der Waals surface area contributed by atoms with Crippen LogP contribution < -0.4 is 5.73 Å². The second kappa shape index (κ2) is 7.47. The molecule has 0 aromatic heterocycles. The number of carbonyl (C=O) groups is 2. The van der Waals surface area contributed by atoms with Gasteiger partial charge in [-0.2, -0.15) is 3.89 Å². The molecule has 0 aliphatic rings. The lowest BCUT2D eigenvalue weighted by atomic mass is 10.1. The molecule has 0 bridgehead atoms. The van der Waals surface area contributed by atoms with Crippen molar-refractivity contribution in [3.63, 3.8) is 0 Å². The van der Waals surface area contributed by atoms with Gasteiger partial charge in [-0.3, -0.25) is 9.59 Å². The van der Waals surface area contributed by atoms with Crippen LogP contribution in [0.5, 0.6) is 0 Å². The predicted octanol–water partition coefficient (Wildman–Crippen LogP) is 1.03. The van der Waals surface area contributed by atoms with E-state index in [9.17, 15) is 13.5 Å². The van der Waals surface area contributed by atoms with Gasteiger partial charge in [-0.1, -0.05) is 6.42 Å². The summed E-state index contributed by atoms with van der Waals surface area (Å²) in [5.41, 5.74) is 5.24. The predicted molar refractivity (Wildman–Crippen MR) is 54.2 cm³/mol. The normalized spacial score (nSPS) is 14.5. The molecule has 88 valence electrons. The number of carboxylic acid groups (broad SMARTS) is 2. The van der Waals surface area contributed by atoms with Crippen LogP contribution in [0.15, 0.2) is 0 Å². The highest BCUT2D eigenvalue weighted by atomic mass is 32.2. The van der Waals surface area contributed by atoms with Crippen LogP contribution in [0.2, 0.25) is 0 Å². The Morgan fingerprint density at radius 1 is 1.33 bits per heavy atom. The number of hydrogen-bond acceptors (Lipinski definition) is 4. The molecule has 0 spiro atoms. The Labute approximate surface area is 91.1 Å². The molecule has 0 fully saturated rings. The summed E-state index contributed by atoms with van der Waals surface area (Å²) in [6, 6.07) is -1.25. The first kappa shape index (κ1) is 14.2. The Balaban J connectivity index is 3.80. The van der Waals surface area contributed by atoms with Crippen LogP contribution in [-0.4, -0.2) is 33.4 Å². The molecule has 5 nitrogen and oxygen atoms in total. The molecule has 0 saturated carbocycles. The molecule has 0 amide bonds. The van der Waals surface area contributed by atoms with Crippen molar-refractivity contribution in [1.82, 2.24) is 0 Å². The second-order valence-corrected chi connectivity index (χ2v) is 3.91. The SMILES string of the molecule is NC(C(=O)O)C(CCCCC(=O)O)SF. The van der Waals surface area contributed by atoms with Gasteiger partial charge in [0.05, 0.1) is 5.25 Å². The van der Waals surface area contributed by atoms with Crippen LogP contribution in [0.25, 0.3) is 0 Å². The lowest BCUT2D eigenvalue weighted by molar-refractivity contribution is -0.139. The van der Waals surface area contributed by atoms with E-state index in [4.69, 9.17) is 15.9 Å². The third-order valence-corrected chi connectivity index (χ3v) is 2.69. The third-order valence-electron chi connectivity index (χ3n) is 1.93. The standard InChI is InChI=1S/C8H14FNO4S/c9-15-5(7(10)8(13)14)3-1-2-4-6(11)12/h5,7H,1-4,10H2,(H,11,12)(H,13,14). The highest BCUT2D eigenvalue weighted by molar-refractivity contribution is 7.95. The van der Waals surface area contributed by atoms with E-state index in [0.29, 0.717) is 12.8 Å². The summed E-state index contributed by atoms with van der Waals surface area (Å²) >= 11 is -0.0881. The van der Waals surface area contributed by atoms with E-state index in [1.54, 1.807) is 0 Å². The van der Waals surface area contributed by atoms with E-state index >= 15 is 0 Å². The van der Waals surface area contributed by atoms with Crippen LogP contribution in [0.1, 0.15) is 25.7 Å². The highest BCUT2D eigenvalue weighted by Crippen LogP contribution is 2.21. The first-order valence-electron chi connectivity index (χ1n) is 4.46. The zero-order valence-electron chi connectivity index (χ0n) is 8.06. The van der Waals surface area contributed by atoms with Gasteiger partial charge in [0.2, 0.25) is 0 Å². The van der Waals surface area contributed by atoms with Gasteiger partial charge in [-0.25, -0.2) is 0 Å². The summed E-state index contributed by atoms with van der Waals surface area (Å²) in [5.74, 6) is -2.16. The fourth-order valence-electron chi connectivity index (χ4n) is 1.06. The first-order valence-corrected chi connectivity index (χ1v) is 5.24. The number of aliphatic carboxylic acids is 2. The average molecular weight is 239 g/mol. The molecule has 0 aromatic carbocycles. The van der Waals surface area contributed by atoms with Gasteiger partial charge < -0.3 is 15.9 Å². The summed E-state index contributed by atoms with van der Waals surface area (Å²) < 4.78 is 12.3. The van der Waals surface area contributed by atoms with Crippen molar-refractivity contribution >= 4 is 24.1 Å². The molecule has 2 unspecified atom stereocenters. The molecule has 0 aliphatic carbocycles. The molecule has 0 aromatic rings. The van der Waals surface area contributed by atoms with Crippen LogP contribution in [-0.2, 0) is 9.59 Å². The fraction of sp³-hybridized carbons (Fsp3) is 0.750. The number of unbranched alkanes of at least 4 members (excludes halogenated alkanes) is 1. The van der Waals surface area contributed by atoms with E-state index in [1.807, 2.05) is 0 Å². The fourth-order valence-corrected chi connectivity index (χ4v) is 1.54. The highest BCUT2D eigenvalue weighted by Gasteiger charge is 2.24. The zero-order chi connectivity index (χ0) is 11.8. The Kier molecular flexibility index (Phi) is 7.06. The Morgan fingerprint density at radius 3 is 2.33 bits per heavy atom. The lowest BCUT2D eigenvalue weighted by Crippen LogP contribution is -2.39. The number of nitrogens with two attached hydrogens (primary N) is 1. The van der Waals surface area contributed by atoms with Gasteiger partial charge in [0.25, 0.3) is 0 Å². The number of hydrogen-bond donors (Lipinski definition) is 3. The Bertz CT molecular complexity index is 227. The zero-order valence-corrected chi connectivity index (χ0v) is 8.87. The minimum Gasteiger partial charge on any atom is -0.481 e. The molecule has 0 aliphatic heterocycles. The molecular formula is C8H14FNO4S. The maximum atomic E-state index is 12.3. The summed E-state index contributed by atoms with van der Waals surface area (Å²) in [6.07, 6.45) is 1.13. The van der Waals surface area contributed by atoms with Crippen molar-refractivity contribution in [2.75, 3.05) is 0 Å². The lowest BCUT2D eigenvalue weighted by Gasteiger charge is -2.15. The molecule has 4 N–H and O–H groups in total. The quantitative estimate of drug-likeness (QED) is 0.547. The monoisotopic (exact) mass is 239 g/mol.